The van der Waals surface area contributed by atoms with Gasteiger partial charge in [-0.2, -0.15) is 10.1 Å². The molecule has 7 nitrogen and oxygen atoms in total. The number of amides is 2. The number of benzene rings is 1. The van der Waals surface area contributed by atoms with Gasteiger partial charge in [-0.1, -0.05) is 23.2 Å². The number of halogens is 2. The minimum atomic E-state index is -0.703. The monoisotopic (exact) mass is 325 g/mol. The Bertz CT molecular complexity index is 730. The van der Waals surface area contributed by atoms with Gasteiger partial charge in [0.25, 0.3) is 5.91 Å². The Labute approximate surface area is 129 Å². The number of carbonyl (C=O) groups is 2. The summed E-state index contributed by atoms with van der Waals surface area (Å²) in [5, 5.41) is 9.86. The minimum absolute atomic E-state index is 0.0531. The molecule has 2 aromatic rings. The summed E-state index contributed by atoms with van der Waals surface area (Å²) in [6, 6.07) is 4.04. The Morgan fingerprint density at radius 3 is 2.95 bits per heavy atom. The number of hydrogen-bond acceptors (Lipinski definition) is 4. The average molecular weight is 326 g/mol. The van der Waals surface area contributed by atoms with Crippen LogP contribution in [0.4, 0.5) is 11.6 Å². The summed E-state index contributed by atoms with van der Waals surface area (Å²) in [6.07, 6.45) is 1.26. The van der Waals surface area contributed by atoms with Gasteiger partial charge in [0.15, 0.2) is 0 Å². The van der Waals surface area contributed by atoms with Gasteiger partial charge >= 0.3 is 0 Å². The SMILES string of the molecule is O=C(C[C@@H]1C(=O)Nc2ncnn21)Nc1ccc(Cl)c(Cl)c1. The van der Waals surface area contributed by atoms with Gasteiger partial charge in [0.1, 0.15) is 12.4 Å². The lowest BCUT2D eigenvalue weighted by Crippen LogP contribution is -2.23. The second-order valence-corrected chi connectivity index (χ2v) is 5.23. The number of nitrogens with one attached hydrogen (secondary N) is 2. The molecule has 0 bridgehead atoms. The third-order valence-electron chi connectivity index (χ3n) is 2.99. The smallest absolute Gasteiger partial charge is 0.252 e. The number of rotatable bonds is 3. The van der Waals surface area contributed by atoms with Gasteiger partial charge in [-0.15, -0.1) is 0 Å². The number of anilines is 2. The molecule has 1 atom stereocenters. The van der Waals surface area contributed by atoms with Crippen molar-refractivity contribution in [3.8, 4) is 0 Å². The van der Waals surface area contributed by atoms with Gasteiger partial charge < -0.3 is 5.32 Å². The molecular weight excluding hydrogens is 317 g/mol. The largest absolute Gasteiger partial charge is 0.326 e. The van der Waals surface area contributed by atoms with Crippen LogP contribution in [-0.4, -0.2) is 26.6 Å². The van der Waals surface area contributed by atoms with E-state index in [0.29, 0.717) is 21.7 Å². The summed E-state index contributed by atoms with van der Waals surface area (Å²) in [5.41, 5.74) is 0.506. The van der Waals surface area contributed by atoms with E-state index in [1.54, 1.807) is 12.1 Å². The maximum atomic E-state index is 12.0. The molecule has 0 aliphatic carbocycles. The van der Waals surface area contributed by atoms with E-state index in [1.807, 2.05) is 0 Å². The molecule has 2 N–H and O–H groups in total. The third kappa shape index (κ3) is 2.70. The maximum Gasteiger partial charge on any atom is 0.252 e. The Morgan fingerprint density at radius 1 is 1.38 bits per heavy atom. The first-order valence-electron chi connectivity index (χ1n) is 6.00. The molecule has 0 unspecified atom stereocenters. The molecule has 2 heterocycles. The summed E-state index contributed by atoms with van der Waals surface area (Å²) >= 11 is 11.7. The Hall–Kier alpha value is -2.12. The zero-order valence-electron chi connectivity index (χ0n) is 10.5. The van der Waals surface area contributed by atoms with Gasteiger partial charge in [-0.05, 0) is 18.2 Å². The van der Waals surface area contributed by atoms with E-state index in [4.69, 9.17) is 23.2 Å². The van der Waals surface area contributed by atoms with E-state index < -0.39 is 6.04 Å². The zero-order valence-corrected chi connectivity index (χ0v) is 12.0. The molecule has 9 heteroatoms. The van der Waals surface area contributed by atoms with Crippen molar-refractivity contribution in [1.82, 2.24) is 14.8 Å². The quantitative estimate of drug-likeness (QED) is 0.904. The van der Waals surface area contributed by atoms with Crippen LogP contribution in [0.5, 0.6) is 0 Å². The maximum absolute atomic E-state index is 12.0. The highest BCUT2D eigenvalue weighted by Gasteiger charge is 2.33. The molecule has 2 amide bonds. The highest BCUT2D eigenvalue weighted by Crippen LogP contribution is 2.27. The fourth-order valence-corrected chi connectivity index (χ4v) is 2.31. The first kappa shape index (κ1) is 13.8. The van der Waals surface area contributed by atoms with Crippen LogP contribution in [0.1, 0.15) is 12.5 Å². The van der Waals surface area contributed by atoms with Crippen LogP contribution in [0.3, 0.4) is 0 Å². The normalized spacial score (nSPS) is 16.5. The second-order valence-electron chi connectivity index (χ2n) is 4.41. The molecule has 1 aromatic heterocycles. The number of fused-ring (bicyclic) bond motifs is 1. The van der Waals surface area contributed by atoms with Crippen molar-refractivity contribution in [2.45, 2.75) is 12.5 Å². The molecule has 0 spiro atoms. The van der Waals surface area contributed by atoms with Crippen molar-refractivity contribution in [3.05, 3.63) is 34.6 Å². The van der Waals surface area contributed by atoms with Gasteiger partial charge in [-0.25, -0.2) is 4.68 Å². The van der Waals surface area contributed by atoms with Gasteiger partial charge in [-0.3, -0.25) is 14.9 Å². The lowest BCUT2D eigenvalue weighted by atomic mass is 10.2. The molecule has 1 aliphatic heterocycles. The van der Waals surface area contributed by atoms with E-state index in [2.05, 4.69) is 20.7 Å². The summed E-state index contributed by atoms with van der Waals surface area (Å²) in [4.78, 5) is 27.6. The molecule has 1 aliphatic rings. The van der Waals surface area contributed by atoms with Gasteiger partial charge in [0.05, 0.1) is 16.5 Å². The van der Waals surface area contributed by atoms with Crippen LogP contribution < -0.4 is 10.6 Å². The first-order valence-corrected chi connectivity index (χ1v) is 6.75. The van der Waals surface area contributed by atoms with Crippen molar-refractivity contribution < 1.29 is 9.59 Å². The van der Waals surface area contributed by atoms with Gasteiger partial charge in [0, 0.05) is 5.69 Å². The van der Waals surface area contributed by atoms with Crippen molar-refractivity contribution in [2.75, 3.05) is 10.6 Å². The second kappa shape index (κ2) is 5.34. The van der Waals surface area contributed by atoms with E-state index >= 15 is 0 Å². The predicted octanol–water partition coefficient (Wildman–Crippen LogP) is 2.11. The first-order chi connectivity index (χ1) is 10.0. The summed E-state index contributed by atoms with van der Waals surface area (Å²) in [7, 11) is 0. The molecule has 0 radical (unpaired) electrons. The van der Waals surface area contributed by atoms with Crippen molar-refractivity contribution in [1.29, 1.82) is 0 Å². The van der Waals surface area contributed by atoms with Gasteiger partial charge in [0.2, 0.25) is 11.9 Å². The van der Waals surface area contributed by atoms with Crippen LogP contribution in [0.25, 0.3) is 0 Å². The fourth-order valence-electron chi connectivity index (χ4n) is 2.01. The summed E-state index contributed by atoms with van der Waals surface area (Å²) in [6.45, 7) is 0. The number of nitrogens with zero attached hydrogens (tertiary/aromatic N) is 3. The summed E-state index contributed by atoms with van der Waals surface area (Å²) in [5.74, 6) is -0.306. The van der Waals surface area contributed by atoms with Crippen LogP contribution in [0, 0.1) is 0 Å². The van der Waals surface area contributed by atoms with E-state index in [0.717, 1.165) is 0 Å². The molecular formula is C12H9Cl2N5O2. The van der Waals surface area contributed by atoms with Crippen molar-refractivity contribution >= 4 is 46.7 Å². The predicted molar refractivity (Wildman–Crippen MR) is 77.4 cm³/mol. The highest BCUT2D eigenvalue weighted by molar-refractivity contribution is 6.42. The molecule has 0 fully saturated rings. The minimum Gasteiger partial charge on any atom is -0.326 e. The van der Waals surface area contributed by atoms with Crippen LogP contribution in [0.2, 0.25) is 10.0 Å². The Kier molecular flexibility index (Phi) is 3.52. The molecule has 21 heavy (non-hydrogen) atoms. The number of aromatic nitrogens is 3. The highest BCUT2D eigenvalue weighted by atomic mass is 35.5. The number of carbonyl (C=O) groups excluding carboxylic acids is 2. The van der Waals surface area contributed by atoms with Crippen molar-refractivity contribution in [2.24, 2.45) is 0 Å². The van der Waals surface area contributed by atoms with E-state index in [9.17, 15) is 9.59 Å². The van der Waals surface area contributed by atoms with Crippen LogP contribution in [-0.2, 0) is 9.59 Å². The Balaban J connectivity index is 1.70. The third-order valence-corrected chi connectivity index (χ3v) is 3.73. The number of hydrogen-bond donors (Lipinski definition) is 2. The molecule has 0 saturated carbocycles. The standard InChI is InChI=1S/C12H9Cl2N5O2/c13-7-2-1-6(3-8(7)14)17-10(20)4-9-11(21)18-12-15-5-16-19(9)12/h1-3,5,9H,4H2,(H,17,20)(H,15,16,18,21)/t9-/m1/s1. The lowest BCUT2D eigenvalue weighted by Gasteiger charge is -2.10. The van der Waals surface area contributed by atoms with Crippen LogP contribution in [0.15, 0.2) is 24.5 Å². The zero-order chi connectivity index (χ0) is 15.0. The lowest BCUT2D eigenvalue weighted by molar-refractivity contribution is -0.123. The van der Waals surface area contributed by atoms with Crippen LogP contribution >= 0.6 is 23.2 Å². The molecule has 108 valence electrons. The summed E-state index contributed by atoms with van der Waals surface area (Å²) < 4.78 is 1.39. The fraction of sp³-hybridized carbons (Fsp3) is 0.167. The topological polar surface area (TPSA) is 88.9 Å². The Morgan fingerprint density at radius 2 is 2.19 bits per heavy atom. The van der Waals surface area contributed by atoms with E-state index in [1.165, 1.54) is 17.1 Å². The average Bonchev–Trinajstić information content (AvgIpc) is 2.97. The molecule has 0 saturated heterocycles. The molecule has 3 rings (SSSR count). The van der Waals surface area contributed by atoms with Crippen molar-refractivity contribution in [3.63, 3.8) is 0 Å². The van der Waals surface area contributed by atoms with E-state index in [-0.39, 0.29) is 18.2 Å². The molecule has 1 aromatic carbocycles.